The van der Waals surface area contributed by atoms with Gasteiger partial charge >= 0.3 is 0 Å². The molecule has 3 N–H and O–H groups in total. The summed E-state index contributed by atoms with van der Waals surface area (Å²) in [6, 6.07) is 9.68. The van der Waals surface area contributed by atoms with E-state index in [-0.39, 0.29) is 12.1 Å². The van der Waals surface area contributed by atoms with Gasteiger partial charge in [-0.3, -0.25) is 16.2 Å². The summed E-state index contributed by atoms with van der Waals surface area (Å²) in [6.07, 6.45) is 5.11. The summed E-state index contributed by atoms with van der Waals surface area (Å²) in [7, 11) is 0. The van der Waals surface area contributed by atoms with Gasteiger partial charge in [0.05, 0.1) is 12.7 Å². The van der Waals surface area contributed by atoms with Gasteiger partial charge in [-0.05, 0) is 49.3 Å². The largest absolute Gasteiger partial charge is 0.374 e. The molecule has 1 aliphatic carbocycles. The lowest BCUT2D eigenvalue weighted by atomic mass is 9.74. The number of morpholine rings is 1. The number of fused-ring (bicyclic) bond motifs is 2. The molecular formula is C17H25N3O. The fourth-order valence-corrected chi connectivity index (χ4v) is 4.29. The van der Waals surface area contributed by atoms with Gasteiger partial charge in [-0.2, -0.15) is 0 Å². The molecule has 3 aliphatic rings. The molecule has 4 atom stereocenters. The normalized spacial score (nSPS) is 33.1. The molecule has 2 aliphatic heterocycles. The maximum absolute atomic E-state index is 6.12. The molecule has 4 rings (SSSR count). The number of hydrogen-bond donors (Lipinski definition) is 2. The van der Waals surface area contributed by atoms with E-state index in [1.54, 1.807) is 0 Å². The van der Waals surface area contributed by atoms with Crippen molar-refractivity contribution in [1.82, 2.24) is 10.3 Å². The van der Waals surface area contributed by atoms with Crippen molar-refractivity contribution in [2.45, 2.75) is 49.8 Å². The summed E-state index contributed by atoms with van der Waals surface area (Å²) >= 11 is 0. The van der Waals surface area contributed by atoms with Crippen LogP contribution in [0.25, 0.3) is 0 Å². The third kappa shape index (κ3) is 2.50. The van der Waals surface area contributed by atoms with Crippen molar-refractivity contribution in [3.05, 3.63) is 35.4 Å². The van der Waals surface area contributed by atoms with Crippen LogP contribution < -0.4 is 11.3 Å². The van der Waals surface area contributed by atoms with E-state index in [0.717, 1.165) is 19.6 Å². The van der Waals surface area contributed by atoms with Gasteiger partial charge in [0.2, 0.25) is 0 Å². The van der Waals surface area contributed by atoms with Crippen LogP contribution in [-0.4, -0.2) is 42.8 Å². The monoisotopic (exact) mass is 287 g/mol. The van der Waals surface area contributed by atoms with Crippen molar-refractivity contribution in [2.75, 3.05) is 19.7 Å². The van der Waals surface area contributed by atoms with Gasteiger partial charge in [0.25, 0.3) is 0 Å². The standard InChI is InChI=1S/C17H25N3O/c18-19-16(9-13-8-12-4-1-2-6-15(12)13)17-10-20-7-3-5-14(20)11-21-17/h1-2,4,6,13-14,16-17,19H,3,5,7-11,18H2. The number of nitrogens with one attached hydrogen (secondary N) is 1. The highest BCUT2D eigenvalue weighted by atomic mass is 16.5. The quantitative estimate of drug-likeness (QED) is 0.649. The van der Waals surface area contributed by atoms with Crippen LogP contribution in [0.5, 0.6) is 0 Å². The van der Waals surface area contributed by atoms with Crippen LogP contribution in [0.2, 0.25) is 0 Å². The molecule has 4 nitrogen and oxygen atoms in total. The third-order valence-corrected chi connectivity index (χ3v) is 5.58. The van der Waals surface area contributed by atoms with E-state index < -0.39 is 0 Å². The number of hydrogen-bond acceptors (Lipinski definition) is 4. The minimum Gasteiger partial charge on any atom is -0.374 e. The van der Waals surface area contributed by atoms with E-state index in [0.29, 0.717) is 12.0 Å². The second-order valence-electron chi connectivity index (χ2n) is 6.77. The number of nitrogens with zero attached hydrogens (tertiary/aromatic N) is 1. The van der Waals surface area contributed by atoms with E-state index in [2.05, 4.69) is 34.6 Å². The number of hydrazine groups is 1. The smallest absolute Gasteiger partial charge is 0.0869 e. The Morgan fingerprint density at radius 1 is 1.38 bits per heavy atom. The zero-order valence-corrected chi connectivity index (χ0v) is 12.5. The summed E-state index contributed by atoms with van der Waals surface area (Å²) in [5.41, 5.74) is 6.04. The lowest BCUT2D eigenvalue weighted by Gasteiger charge is -2.41. The minimum atomic E-state index is 0.233. The second-order valence-corrected chi connectivity index (χ2v) is 6.77. The Bertz CT molecular complexity index is 507. The van der Waals surface area contributed by atoms with E-state index in [9.17, 15) is 0 Å². The van der Waals surface area contributed by atoms with Crippen LogP contribution in [0.4, 0.5) is 0 Å². The van der Waals surface area contributed by atoms with Crippen molar-refractivity contribution in [2.24, 2.45) is 5.84 Å². The van der Waals surface area contributed by atoms with Crippen LogP contribution >= 0.6 is 0 Å². The first-order valence-electron chi connectivity index (χ1n) is 8.24. The second kappa shape index (κ2) is 5.69. The summed E-state index contributed by atoms with van der Waals surface area (Å²) in [4.78, 5) is 2.59. The van der Waals surface area contributed by atoms with Crippen molar-refractivity contribution >= 4 is 0 Å². The average molecular weight is 287 g/mol. The number of nitrogens with two attached hydrogens (primary N) is 1. The molecular weight excluding hydrogens is 262 g/mol. The molecule has 0 saturated carbocycles. The first-order valence-corrected chi connectivity index (χ1v) is 8.24. The predicted molar refractivity (Wildman–Crippen MR) is 83.0 cm³/mol. The summed E-state index contributed by atoms with van der Waals surface area (Å²) in [6.45, 7) is 3.14. The van der Waals surface area contributed by atoms with Crippen molar-refractivity contribution in [3.8, 4) is 0 Å². The lowest BCUT2D eigenvalue weighted by Crippen LogP contribution is -2.56. The average Bonchev–Trinajstić information content (AvgIpc) is 2.96. The highest BCUT2D eigenvalue weighted by Gasteiger charge is 2.37. The zero-order valence-electron chi connectivity index (χ0n) is 12.5. The molecule has 0 aromatic heterocycles. The molecule has 0 amide bonds. The molecule has 0 spiro atoms. The first-order chi connectivity index (χ1) is 10.3. The van der Waals surface area contributed by atoms with Gasteiger partial charge < -0.3 is 4.74 Å². The SMILES string of the molecule is NNC(CC1Cc2ccccc21)C1CN2CCCC2CO1. The van der Waals surface area contributed by atoms with E-state index >= 15 is 0 Å². The summed E-state index contributed by atoms with van der Waals surface area (Å²) in [5.74, 6) is 6.48. The fraction of sp³-hybridized carbons (Fsp3) is 0.647. The Hall–Kier alpha value is -0.940. The molecule has 0 radical (unpaired) electrons. The lowest BCUT2D eigenvalue weighted by molar-refractivity contribution is -0.0668. The molecule has 1 aromatic rings. The predicted octanol–water partition coefficient (Wildman–Crippen LogP) is 1.41. The maximum Gasteiger partial charge on any atom is 0.0869 e. The van der Waals surface area contributed by atoms with E-state index in [1.165, 1.54) is 36.9 Å². The summed E-state index contributed by atoms with van der Waals surface area (Å²) < 4.78 is 6.12. The highest BCUT2D eigenvalue weighted by molar-refractivity contribution is 5.40. The van der Waals surface area contributed by atoms with Gasteiger partial charge in [0.15, 0.2) is 0 Å². The molecule has 1 aromatic carbocycles. The molecule has 4 unspecified atom stereocenters. The minimum absolute atomic E-state index is 0.233. The van der Waals surface area contributed by atoms with Crippen LogP contribution in [-0.2, 0) is 11.2 Å². The molecule has 21 heavy (non-hydrogen) atoms. The van der Waals surface area contributed by atoms with Crippen LogP contribution in [0.15, 0.2) is 24.3 Å². The zero-order chi connectivity index (χ0) is 14.2. The van der Waals surface area contributed by atoms with E-state index in [1.807, 2.05) is 0 Å². The van der Waals surface area contributed by atoms with Gasteiger partial charge in [0.1, 0.15) is 0 Å². The van der Waals surface area contributed by atoms with Crippen LogP contribution in [0.3, 0.4) is 0 Å². The number of benzene rings is 1. The van der Waals surface area contributed by atoms with Crippen LogP contribution in [0.1, 0.15) is 36.3 Å². The molecule has 2 saturated heterocycles. The fourth-order valence-electron chi connectivity index (χ4n) is 4.29. The molecule has 2 fully saturated rings. The van der Waals surface area contributed by atoms with Crippen molar-refractivity contribution in [3.63, 3.8) is 0 Å². The van der Waals surface area contributed by atoms with Gasteiger partial charge in [-0.1, -0.05) is 24.3 Å². The highest BCUT2D eigenvalue weighted by Crippen LogP contribution is 2.39. The Balaban J connectivity index is 1.39. The Labute approximate surface area is 126 Å². The Kier molecular flexibility index (Phi) is 3.71. The Morgan fingerprint density at radius 3 is 3.14 bits per heavy atom. The number of rotatable bonds is 4. The summed E-state index contributed by atoms with van der Waals surface area (Å²) in [5, 5.41) is 0. The molecule has 2 heterocycles. The third-order valence-electron chi connectivity index (χ3n) is 5.58. The van der Waals surface area contributed by atoms with Crippen LogP contribution in [0, 0.1) is 0 Å². The maximum atomic E-state index is 6.12. The molecule has 114 valence electrons. The van der Waals surface area contributed by atoms with Gasteiger partial charge in [-0.15, -0.1) is 0 Å². The first kappa shape index (κ1) is 13.7. The molecule has 4 heteroatoms. The van der Waals surface area contributed by atoms with Gasteiger partial charge in [-0.25, -0.2) is 0 Å². The van der Waals surface area contributed by atoms with Gasteiger partial charge in [0, 0.05) is 18.6 Å². The topological polar surface area (TPSA) is 50.5 Å². The van der Waals surface area contributed by atoms with Crippen molar-refractivity contribution < 1.29 is 4.74 Å². The Morgan fingerprint density at radius 2 is 2.29 bits per heavy atom. The number of ether oxygens (including phenoxy) is 1. The van der Waals surface area contributed by atoms with Crippen molar-refractivity contribution in [1.29, 1.82) is 0 Å². The molecule has 0 bridgehead atoms. The van der Waals surface area contributed by atoms with E-state index in [4.69, 9.17) is 10.6 Å².